The maximum absolute atomic E-state index is 12.2. The Labute approximate surface area is 124 Å². The standard InChI is InChI=1S/C14H15F3N4O/c1-9-2-4-10(5-3-9)12(18)13(22)20-11-6-19-21(7-11)8-14(15,16)17/h2-7,12H,8,18H2,1H3,(H,20,22). The largest absolute Gasteiger partial charge is 0.408 e. The third-order valence-corrected chi connectivity index (χ3v) is 2.96. The number of alkyl halides is 3. The molecule has 22 heavy (non-hydrogen) atoms. The summed E-state index contributed by atoms with van der Waals surface area (Å²) in [6.07, 6.45) is -2.12. The number of rotatable bonds is 4. The highest BCUT2D eigenvalue weighted by atomic mass is 19.4. The van der Waals surface area contributed by atoms with Crippen molar-refractivity contribution in [1.82, 2.24) is 9.78 Å². The van der Waals surface area contributed by atoms with E-state index in [4.69, 9.17) is 5.73 Å². The van der Waals surface area contributed by atoms with Crippen molar-refractivity contribution in [2.45, 2.75) is 25.7 Å². The number of anilines is 1. The minimum absolute atomic E-state index is 0.164. The Morgan fingerprint density at radius 1 is 1.36 bits per heavy atom. The molecule has 2 rings (SSSR count). The van der Waals surface area contributed by atoms with E-state index in [9.17, 15) is 18.0 Å². The number of nitrogens with one attached hydrogen (secondary N) is 1. The monoisotopic (exact) mass is 312 g/mol. The average molecular weight is 312 g/mol. The molecule has 8 heteroatoms. The molecule has 0 spiro atoms. The Morgan fingerprint density at radius 3 is 2.59 bits per heavy atom. The van der Waals surface area contributed by atoms with Crippen molar-refractivity contribution in [3.63, 3.8) is 0 Å². The number of nitrogens with two attached hydrogens (primary N) is 1. The lowest BCUT2D eigenvalue weighted by molar-refractivity contribution is -0.142. The van der Waals surface area contributed by atoms with E-state index >= 15 is 0 Å². The fraction of sp³-hybridized carbons (Fsp3) is 0.286. The fourth-order valence-electron chi connectivity index (χ4n) is 1.84. The van der Waals surface area contributed by atoms with Crippen LogP contribution in [0.4, 0.5) is 18.9 Å². The van der Waals surface area contributed by atoms with Gasteiger partial charge in [0.1, 0.15) is 12.6 Å². The van der Waals surface area contributed by atoms with Gasteiger partial charge in [0.25, 0.3) is 0 Å². The lowest BCUT2D eigenvalue weighted by Crippen LogP contribution is -2.27. The van der Waals surface area contributed by atoms with Crippen molar-refractivity contribution in [2.24, 2.45) is 5.73 Å². The van der Waals surface area contributed by atoms with Crippen LogP contribution in [-0.2, 0) is 11.3 Å². The van der Waals surface area contributed by atoms with E-state index < -0.39 is 24.7 Å². The summed E-state index contributed by atoms with van der Waals surface area (Å²) in [5.74, 6) is -0.518. The Balaban J connectivity index is 2.01. The van der Waals surface area contributed by atoms with Crippen LogP contribution in [0.5, 0.6) is 0 Å². The number of hydrogen-bond acceptors (Lipinski definition) is 3. The molecule has 1 aromatic heterocycles. The van der Waals surface area contributed by atoms with E-state index in [1.54, 1.807) is 12.1 Å². The van der Waals surface area contributed by atoms with Gasteiger partial charge in [-0.1, -0.05) is 29.8 Å². The molecule has 118 valence electrons. The number of aromatic nitrogens is 2. The molecule has 1 amide bonds. The number of nitrogens with zero attached hydrogens (tertiary/aromatic N) is 2. The Kier molecular flexibility index (Phi) is 4.51. The van der Waals surface area contributed by atoms with Gasteiger partial charge in [-0.2, -0.15) is 18.3 Å². The Bertz CT molecular complexity index is 649. The SMILES string of the molecule is Cc1ccc(C(N)C(=O)Nc2cnn(CC(F)(F)F)c2)cc1. The van der Waals surface area contributed by atoms with Gasteiger partial charge < -0.3 is 11.1 Å². The van der Waals surface area contributed by atoms with Crippen molar-refractivity contribution in [1.29, 1.82) is 0 Å². The first-order valence-electron chi connectivity index (χ1n) is 6.47. The molecule has 2 aromatic rings. The molecule has 0 saturated carbocycles. The van der Waals surface area contributed by atoms with Crippen molar-refractivity contribution in [2.75, 3.05) is 5.32 Å². The summed E-state index contributed by atoms with van der Waals surface area (Å²) in [7, 11) is 0. The quantitative estimate of drug-likeness (QED) is 0.910. The molecule has 0 saturated heterocycles. The molecule has 0 aliphatic rings. The molecule has 0 bridgehead atoms. The predicted octanol–water partition coefficient (Wildman–Crippen LogP) is 2.39. The zero-order valence-electron chi connectivity index (χ0n) is 11.8. The summed E-state index contributed by atoms with van der Waals surface area (Å²) < 4.78 is 37.4. The van der Waals surface area contributed by atoms with Gasteiger partial charge in [-0.3, -0.25) is 9.48 Å². The van der Waals surface area contributed by atoms with E-state index in [2.05, 4.69) is 10.4 Å². The van der Waals surface area contributed by atoms with Crippen LogP contribution < -0.4 is 11.1 Å². The summed E-state index contributed by atoms with van der Waals surface area (Å²) in [5, 5.41) is 5.99. The Hall–Kier alpha value is -2.35. The number of carbonyl (C=O) groups is 1. The first-order valence-corrected chi connectivity index (χ1v) is 6.47. The van der Waals surface area contributed by atoms with Gasteiger partial charge >= 0.3 is 6.18 Å². The zero-order chi connectivity index (χ0) is 16.3. The highest BCUT2D eigenvalue weighted by Gasteiger charge is 2.28. The van der Waals surface area contributed by atoms with Gasteiger partial charge in [0.05, 0.1) is 11.9 Å². The minimum atomic E-state index is -4.37. The zero-order valence-corrected chi connectivity index (χ0v) is 11.8. The van der Waals surface area contributed by atoms with Gasteiger partial charge in [-0.05, 0) is 12.5 Å². The third-order valence-electron chi connectivity index (χ3n) is 2.96. The Morgan fingerprint density at radius 2 is 2.00 bits per heavy atom. The summed E-state index contributed by atoms with van der Waals surface area (Å²) in [6.45, 7) is 0.692. The van der Waals surface area contributed by atoms with Crippen molar-refractivity contribution in [3.05, 3.63) is 47.8 Å². The molecule has 0 aliphatic heterocycles. The smallest absolute Gasteiger partial charge is 0.322 e. The molecular weight excluding hydrogens is 297 g/mol. The molecule has 1 unspecified atom stereocenters. The van der Waals surface area contributed by atoms with Crippen molar-refractivity contribution >= 4 is 11.6 Å². The first kappa shape index (κ1) is 16.0. The molecule has 1 heterocycles. The second-order valence-corrected chi connectivity index (χ2v) is 4.92. The van der Waals surface area contributed by atoms with Crippen molar-refractivity contribution < 1.29 is 18.0 Å². The number of hydrogen-bond donors (Lipinski definition) is 2. The van der Waals surface area contributed by atoms with Crippen LogP contribution in [0.1, 0.15) is 17.2 Å². The van der Waals surface area contributed by atoms with Gasteiger partial charge in [-0.25, -0.2) is 0 Å². The second kappa shape index (κ2) is 6.18. The molecule has 0 fully saturated rings. The van der Waals surface area contributed by atoms with Crippen LogP contribution in [0.25, 0.3) is 0 Å². The van der Waals surface area contributed by atoms with Crippen LogP contribution in [0.2, 0.25) is 0 Å². The van der Waals surface area contributed by atoms with E-state index in [-0.39, 0.29) is 5.69 Å². The van der Waals surface area contributed by atoms with E-state index in [0.717, 1.165) is 18.0 Å². The molecule has 1 atom stereocenters. The molecule has 5 nitrogen and oxygen atoms in total. The van der Waals surface area contributed by atoms with Gasteiger partial charge in [0.2, 0.25) is 5.91 Å². The van der Waals surface area contributed by atoms with Crippen LogP contribution in [0.3, 0.4) is 0 Å². The van der Waals surface area contributed by atoms with Crippen LogP contribution in [0, 0.1) is 6.92 Å². The highest BCUT2D eigenvalue weighted by Crippen LogP contribution is 2.19. The molecule has 0 radical (unpaired) electrons. The normalized spacial score (nSPS) is 13.0. The second-order valence-electron chi connectivity index (χ2n) is 4.92. The maximum Gasteiger partial charge on any atom is 0.408 e. The lowest BCUT2D eigenvalue weighted by atomic mass is 10.1. The van der Waals surface area contributed by atoms with Crippen molar-refractivity contribution in [3.8, 4) is 0 Å². The summed E-state index contributed by atoms with van der Waals surface area (Å²) in [5.41, 5.74) is 7.64. The molecule has 3 N–H and O–H groups in total. The summed E-state index contributed by atoms with van der Waals surface area (Å²) >= 11 is 0. The van der Waals surface area contributed by atoms with E-state index in [1.807, 2.05) is 19.1 Å². The molecule has 1 aromatic carbocycles. The highest BCUT2D eigenvalue weighted by molar-refractivity contribution is 5.95. The number of benzene rings is 1. The van der Waals surface area contributed by atoms with Crippen LogP contribution >= 0.6 is 0 Å². The van der Waals surface area contributed by atoms with Gasteiger partial charge in [0.15, 0.2) is 0 Å². The number of halogens is 3. The third kappa shape index (κ3) is 4.32. The minimum Gasteiger partial charge on any atom is -0.322 e. The van der Waals surface area contributed by atoms with Gasteiger partial charge in [0, 0.05) is 6.20 Å². The number of amides is 1. The number of aryl methyl sites for hydroxylation is 1. The first-order chi connectivity index (χ1) is 10.2. The summed E-state index contributed by atoms with van der Waals surface area (Å²) in [4.78, 5) is 12.0. The fourth-order valence-corrected chi connectivity index (χ4v) is 1.84. The van der Waals surface area contributed by atoms with Gasteiger partial charge in [-0.15, -0.1) is 0 Å². The predicted molar refractivity (Wildman–Crippen MR) is 75.0 cm³/mol. The summed E-state index contributed by atoms with van der Waals surface area (Å²) in [6, 6.07) is 6.19. The van der Waals surface area contributed by atoms with Crippen LogP contribution in [0.15, 0.2) is 36.7 Å². The number of carbonyl (C=O) groups excluding carboxylic acids is 1. The topological polar surface area (TPSA) is 72.9 Å². The average Bonchev–Trinajstić information content (AvgIpc) is 2.83. The molecular formula is C14H15F3N4O. The lowest BCUT2D eigenvalue weighted by Gasteiger charge is -2.11. The van der Waals surface area contributed by atoms with E-state index in [0.29, 0.717) is 10.2 Å². The van der Waals surface area contributed by atoms with Crippen LogP contribution in [-0.4, -0.2) is 21.9 Å². The molecule has 0 aliphatic carbocycles. The maximum atomic E-state index is 12.2. The van der Waals surface area contributed by atoms with E-state index in [1.165, 1.54) is 0 Å².